The summed E-state index contributed by atoms with van der Waals surface area (Å²) < 4.78 is 0. The van der Waals surface area contributed by atoms with E-state index in [1.54, 1.807) is 11.8 Å². The molecular weight excluding hydrogens is 250 g/mol. The standard InChI is InChI=1S/C13H21NO3S/c15-7-3-8-18-9-6-14-11(16)10-13(12(14)17)4-1-2-5-13/h15H,1-10H2. The summed E-state index contributed by atoms with van der Waals surface area (Å²) in [7, 11) is 0. The summed E-state index contributed by atoms with van der Waals surface area (Å²) in [5.41, 5.74) is -0.327. The van der Waals surface area contributed by atoms with Gasteiger partial charge in [-0.2, -0.15) is 11.8 Å². The smallest absolute Gasteiger partial charge is 0.235 e. The van der Waals surface area contributed by atoms with Crippen molar-refractivity contribution >= 4 is 23.6 Å². The van der Waals surface area contributed by atoms with Crippen LogP contribution >= 0.6 is 11.8 Å². The van der Waals surface area contributed by atoms with E-state index in [2.05, 4.69) is 0 Å². The van der Waals surface area contributed by atoms with Crippen LogP contribution in [0.15, 0.2) is 0 Å². The van der Waals surface area contributed by atoms with E-state index in [1.807, 2.05) is 0 Å². The summed E-state index contributed by atoms with van der Waals surface area (Å²) in [6.07, 6.45) is 5.16. The summed E-state index contributed by atoms with van der Waals surface area (Å²) in [5, 5.41) is 8.67. The SMILES string of the molecule is O=C1CC2(CCCC2)C(=O)N1CCSCCCO. The molecule has 0 radical (unpaired) electrons. The summed E-state index contributed by atoms with van der Waals surface area (Å²) in [4.78, 5) is 25.7. The molecule has 18 heavy (non-hydrogen) atoms. The average Bonchev–Trinajstić information content (AvgIpc) is 2.90. The highest BCUT2D eigenvalue weighted by molar-refractivity contribution is 7.99. The van der Waals surface area contributed by atoms with Crippen molar-refractivity contribution in [2.45, 2.75) is 38.5 Å². The van der Waals surface area contributed by atoms with E-state index in [9.17, 15) is 9.59 Å². The molecule has 1 aliphatic carbocycles. The minimum atomic E-state index is -0.327. The first-order valence-electron chi connectivity index (χ1n) is 6.73. The fourth-order valence-electron chi connectivity index (χ4n) is 2.95. The third-order valence-electron chi connectivity index (χ3n) is 3.96. The van der Waals surface area contributed by atoms with Crippen molar-refractivity contribution in [1.82, 2.24) is 4.90 Å². The van der Waals surface area contributed by atoms with Crippen molar-refractivity contribution in [3.8, 4) is 0 Å². The molecular formula is C13H21NO3S. The van der Waals surface area contributed by atoms with Crippen molar-refractivity contribution in [1.29, 1.82) is 0 Å². The van der Waals surface area contributed by atoms with Gasteiger partial charge in [-0.3, -0.25) is 14.5 Å². The van der Waals surface area contributed by atoms with Crippen LogP contribution in [0.5, 0.6) is 0 Å². The minimum absolute atomic E-state index is 0.0182. The van der Waals surface area contributed by atoms with Gasteiger partial charge in [0.2, 0.25) is 11.8 Å². The highest BCUT2D eigenvalue weighted by Crippen LogP contribution is 2.46. The second kappa shape index (κ2) is 6.06. The van der Waals surface area contributed by atoms with Gasteiger partial charge in [0.25, 0.3) is 0 Å². The number of hydrogen-bond acceptors (Lipinski definition) is 4. The predicted octanol–water partition coefficient (Wildman–Crippen LogP) is 1.42. The third-order valence-corrected chi connectivity index (χ3v) is 5.00. The minimum Gasteiger partial charge on any atom is -0.396 e. The predicted molar refractivity (Wildman–Crippen MR) is 71.3 cm³/mol. The molecule has 0 aromatic carbocycles. The van der Waals surface area contributed by atoms with Crippen LogP contribution in [0, 0.1) is 5.41 Å². The fourth-order valence-corrected chi connectivity index (χ4v) is 3.80. The number of carbonyl (C=O) groups is 2. The van der Waals surface area contributed by atoms with Gasteiger partial charge in [0, 0.05) is 25.3 Å². The van der Waals surface area contributed by atoms with Gasteiger partial charge in [0.15, 0.2) is 0 Å². The molecule has 5 heteroatoms. The van der Waals surface area contributed by atoms with E-state index < -0.39 is 0 Å². The molecule has 1 N–H and O–H groups in total. The van der Waals surface area contributed by atoms with Crippen LogP contribution in [0.25, 0.3) is 0 Å². The summed E-state index contributed by atoms with van der Waals surface area (Å²) in [5.74, 6) is 1.77. The van der Waals surface area contributed by atoms with E-state index >= 15 is 0 Å². The molecule has 0 unspecified atom stereocenters. The third kappa shape index (κ3) is 2.72. The first kappa shape index (κ1) is 13.9. The first-order chi connectivity index (χ1) is 8.69. The second-order valence-electron chi connectivity index (χ2n) is 5.20. The molecule has 4 nitrogen and oxygen atoms in total. The van der Waals surface area contributed by atoms with Crippen molar-refractivity contribution < 1.29 is 14.7 Å². The lowest BCUT2D eigenvalue weighted by molar-refractivity contribution is -0.140. The fraction of sp³-hybridized carbons (Fsp3) is 0.846. The van der Waals surface area contributed by atoms with Crippen LogP contribution in [0.1, 0.15) is 38.5 Å². The Morgan fingerprint density at radius 3 is 2.61 bits per heavy atom. The molecule has 2 rings (SSSR count). The van der Waals surface area contributed by atoms with Gasteiger partial charge < -0.3 is 5.11 Å². The van der Waals surface area contributed by atoms with Crippen molar-refractivity contribution in [2.24, 2.45) is 5.41 Å². The zero-order valence-electron chi connectivity index (χ0n) is 10.7. The number of imide groups is 1. The maximum absolute atomic E-state index is 12.3. The first-order valence-corrected chi connectivity index (χ1v) is 7.88. The van der Waals surface area contributed by atoms with Crippen LogP contribution in [0.3, 0.4) is 0 Å². The Morgan fingerprint density at radius 2 is 1.94 bits per heavy atom. The summed E-state index contributed by atoms with van der Waals surface area (Å²) >= 11 is 1.69. The van der Waals surface area contributed by atoms with Crippen LogP contribution in [0.4, 0.5) is 0 Å². The van der Waals surface area contributed by atoms with Gasteiger partial charge in [-0.05, 0) is 25.0 Å². The molecule has 2 amide bonds. The molecule has 1 saturated carbocycles. The molecule has 0 aromatic rings. The lowest BCUT2D eigenvalue weighted by atomic mass is 9.84. The average molecular weight is 271 g/mol. The number of hydrogen-bond donors (Lipinski definition) is 1. The van der Waals surface area contributed by atoms with Gasteiger partial charge in [0.1, 0.15) is 0 Å². The number of nitrogens with zero attached hydrogens (tertiary/aromatic N) is 1. The number of likely N-dealkylation sites (tertiary alicyclic amines) is 1. The molecule has 2 aliphatic rings. The topological polar surface area (TPSA) is 57.6 Å². The van der Waals surface area contributed by atoms with Crippen molar-refractivity contribution in [3.63, 3.8) is 0 Å². The molecule has 0 aromatic heterocycles. The Bertz CT molecular complexity index is 326. The summed E-state index contributed by atoms with van der Waals surface area (Å²) in [6, 6.07) is 0. The molecule has 0 bridgehead atoms. The van der Waals surface area contributed by atoms with Crippen molar-refractivity contribution in [2.75, 3.05) is 24.7 Å². The number of aliphatic hydroxyl groups excluding tert-OH is 1. The number of carbonyl (C=O) groups excluding carboxylic acids is 2. The largest absolute Gasteiger partial charge is 0.396 e. The second-order valence-corrected chi connectivity index (χ2v) is 6.43. The lowest BCUT2D eigenvalue weighted by Gasteiger charge is -2.20. The molecule has 2 fully saturated rings. The Kier molecular flexibility index (Phi) is 4.67. The molecule has 0 atom stereocenters. The van der Waals surface area contributed by atoms with Crippen molar-refractivity contribution in [3.05, 3.63) is 0 Å². The Balaban J connectivity index is 1.82. The number of thioether (sulfide) groups is 1. The summed E-state index contributed by atoms with van der Waals surface area (Å²) in [6.45, 7) is 0.743. The Labute approximate surface area is 112 Å². The van der Waals surface area contributed by atoms with Gasteiger partial charge in [0.05, 0.1) is 5.41 Å². The lowest BCUT2D eigenvalue weighted by Crippen LogP contribution is -2.36. The molecule has 1 saturated heterocycles. The van der Waals surface area contributed by atoms with Gasteiger partial charge in [-0.1, -0.05) is 12.8 Å². The quantitative estimate of drug-likeness (QED) is 0.586. The van der Waals surface area contributed by atoms with Crippen LogP contribution in [0.2, 0.25) is 0 Å². The van der Waals surface area contributed by atoms with Gasteiger partial charge >= 0.3 is 0 Å². The molecule has 1 spiro atoms. The number of aliphatic hydroxyl groups is 1. The van der Waals surface area contributed by atoms with E-state index in [4.69, 9.17) is 5.11 Å². The van der Waals surface area contributed by atoms with E-state index in [1.165, 1.54) is 4.90 Å². The van der Waals surface area contributed by atoms with E-state index in [0.29, 0.717) is 13.0 Å². The van der Waals surface area contributed by atoms with Gasteiger partial charge in [-0.25, -0.2) is 0 Å². The zero-order valence-corrected chi connectivity index (χ0v) is 11.5. The number of rotatable bonds is 6. The van der Waals surface area contributed by atoms with Crippen LogP contribution < -0.4 is 0 Å². The highest BCUT2D eigenvalue weighted by atomic mass is 32.2. The zero-order chi connectivity index (χ0) is 13.0. The monoisotopic (exact) mass is 271 g/mol. The van der Waals surface area contributed by atoms with E-state index in [-0.39, 0.29) is 23.8 Å². The molecule has 1 aliphatic heterocycles. The number of amides is 2. The van der Waals surface area contributed by atoms with Crippen LogP contribution in [-0.2, 0) is 9.59 Å². The van der Waals surface area contributed by atoms with Gasteiger partial charge in [-0.15, -0.1) is 0 Å². The Hall–Kier alpha value is -0.550. The normalized spacial score (nSPS) is 22.4. The molecule has 1 heterocycles. The highest BCUT2D eigenvalue weighted by Gasteiger charge is 2.52. The van der Waals surface area contributed by atoms with Crippen LogP contribution in [-0.4, -0.2) is 46.5 Å². The maximum atomic E-state index is 12.3. The van der Waals surface area contributed by atoms with E-state index in [0.717, 1.165) is 43.6 Å². The maximum Gasteiger partial charge on any atom is 0.235 e. The Morgan fingerprint density at radius 1 is 1.22 bits per heavy atom. The molecule has 102 valence electrons.